The standard InChI is InChI=1S/C24H15F3O4S/c25-24(26,27)19-4-2-1-3-17(19)23-22(18-11-8-15(28)13-20(18)32-23)31-16-9-5-14(6-10-16)7-12-21(29)30/h1-13,28H,(H,29,30). The van der Waals surface area contributed by atoms with Gasteiger partial charge in [-0.3, -0.25) is 0 Å². The van der Waals surface area contributed by atoms with Crippen molar-refractivity contribution in [2.24, 2.45) is 0 Å². The van der Waals surface area contributed by atoms with Crippen LogP contribution < -0.4 is 4.74 Å². The van der Waals surface area contributed by atoms with E-state index in [0.717, 1.165) is 23.5 Å². The van der Waals surface area contributed by atoms with E-state index >= 15 is 0 Å². The molecule has 0 atom stereocenters. The van der Waals surface area contributed by atoms with E-state index in [0.29, 0.717) is 21.4 Å². The van der Waals surface area contributed by atoms with E-state index in [4.69, 9.17) is 9.84 Å². The Morgan fingerprint density at radius 2 is 1.72 bits per heavy atom. The first-order valence-electron chi connectivity index (χ1n) is 9.33. The van der Waals surface area contributed by atoms with Crippen LogP contribution in [-0.4, -0.2) is 16.2 Å². The summed E-state index contributed by atoms with van der Waals surface area (Å²) in [5.41, 5.74) is -0.172. The SMILES string of the molecule is O=C(O)C=Cc1ccc(Oc2c(-c3ccccc3C(F)(F)F)sc3cc(O)ccc23)cc1. The van der Waals surface area contributed by atoms with Gasteiger partial charge in [0, 0.05) is 21.7 Å². The average molecular weight is 456 g/mol. The van der Waals surface area contributed by atoms with Crippen LogP contribution in [0.5, 0.6) is 17.2 Å². The average Bonchev–Trinajstić information content (AvgIpc) is 3.09. The number of aliphatic carboxylic acids is 1. The molecule has 1 heterocycles. The Balaban J connectivity index is 1.82. The normalized spacial score (nSPS) is 11.8. The number of hydrogen-bond donors (Lipinski definition) is 2. The predicted octanol–water partition coefficient (Wildman–Crippen LogP) is 7.18. The van der Waals surface area contributed by atoms with Gasteiger partial charge in [-0.25, -0.2) is 4.79 Å². The van der Waals surface area contributed by atoms with E-state index in [1.165, 1.54) is 36.4 Å². The van der Waals surface area contributed by atoms with Gasteiger partial charge in [0.15, 0.2) is 5.75 Å². The number of halogens is 3. The first-order valence-corrected chi connectivity index (χ1v) is 10.1. The van der Waals surface area contributed by atoms with E-state index in [2.05, 4.69) is 0 Å². The molecule has 0 aliphatic rings. The largest absolute Gasteiger partial charge is 0.508 e. The minimum absolute atomic E-state index is 0.00414. The number of thiophene rings is 1. The van der Waals surface area contributed by atoms with Gasteiger partial charge in [0.2, 0.25) is 0 Å². The molecule has 0 spiro atoms. The number of aromatic hydroxyl groups is 1. The Labute approximate surface area is 184 Å². The second-order valence-corrected chi connectivity index (χ2v) is 7.88. The summed E-state index contributed by atoms with van der Waals surface area (Å²) in [7, 11) is 0. The van der Waals surface area contributed by atoms with Gasteiger partial charge in [-0.15, -0.1) is 11.3 Å². The van der Waals surface area contributed by atoms with Crippen molar-refractivity contribution in [3.05, 3.63) is 83.9 Å². The summed E-state index contributed by atoms with van der Waals surface area (Å²) in [6.45, 7) is 0. The zero-order chi connectivity index (χ0) is 22.9. The fourth-order valence-electron chi connectivity index (χ4n) is 3.20. The van der Waals surface area contributed by atoms with Gasteiger partial charge < -0.3 is 14.9 Å². The second kappa shape index (κ2) is 8.39. The molecule has 0 bridgehead atoms. The number of alkyl halides is 3. The molecule has 162 valence electrons. The number of phenols is 1. The highest BCUT2D eigenvalue weighted by Gasteiger charge is 2.34. The van der Waals surface area contributed by atoms with Crippen molar-refractivity contribution in [1.82, 2.24) is 0 Å². The monoisotopic (exact) mass is 456 g/mol. The van der Waals surface area contributed by atoms with E-state index < -0.39 is 17.7 Å². The van der Waals surface area contributed by atoms with Crippen LogP contribution in [0.1, 0.15) is 11.1 Å². The van der Waals surface area contributed by atoms with Crippen molar-refractivity contribution in [1.29, 1.82) is 0 Å². The number of carbonyl (C=O) groups is 1. The van der Waals surface area contributed by atoms with Crippen LogP contribution in [0.3, 0.4) is 0 Å². The van der Waals surface area contributed by atoms with Crippen molar-refractivity contribution in [2.45, 2.75) is 6.18 Å². The first kappa shape index (κ1) is 21.5. The molecule has 3 aromatic carbocycles. The van der Waals surface area contributed by atoms with Crippen molar-refractivity contribution in [3.63, 3.8) is 0 Å². The Hall–Kier alpha value is -3.78. The van der Waals surface area contributed by atoms with Crippen molar-refractivity contribution >= 4 is 33.5 Å². The maximum Gasteiger partial charge on any atom is 0.417 e. The lowest BCUT2D eigenvalue weighted by Gasteiger charge is -2.13. The van der Waals surface area contributed by atoms with Crippen molar-refractivity contribution in [3.8, 4) is 27.7 Å². The Kier molecular flexibility index (Phi) is 5.63. The van der Waals surface area contributed by atoms with Gasteiger partial charge >= 0.3 is 12.1 Å². The van der Waals surface area contributed by atoms with Crippen LogP contribution in [0.4, 0.5) is 13.2 Å². The maximum absolute atomic E-state index is 13.7. The zero-order valence-electron chi connectivity index (χ0n) is 16.3. The molecule has 4 rings (SSSR count). The number of fused-ring (bicyclic) bond motifs is 1. The maximum atomic E-state index is 13.7. The molecule has 0 aliphatic heterocycles. The van der Waals surface area contributed by atoms with Gasteiger partial charge in [-0.05, 0) is 48.0 Å². The summed E-state index contributed by atoms with van der Waals surface area (Å²) in [6, 6.07) is 16.3. The summed E-state index contributed by atoms with van der Waals surface area (Å²) in [6.07, 6.45) is -2.13. The van der Waals surface area contributed by atoms with E-state index in [-0.39, 0.29) is 21.9 Å². The molecule has 4 aromatic rings. The highest BCUT2D eigenvalue weighted by Crippen LogP contribution is 2.50. The van der Waals surface area contributed by atoms with Crippen LogP contribution >= 0.6 is 11.3 Å². The van der Waals surface area contributed by atoms with Crippen LogP contribution in [0, 0.1) is 0 Å². The molecule has 0 aliphatic carbocycles. The van der Waals surface area contributed by atoms with E-state index in [1.54, 1.807) is 30.3 Å². The number of phenolic OH excluding ortho intramolecular Hbond substituents is 1. The van der Waals surface area contributed by atoms with Crippen LogP contribution in [0.15, 0.2) is 72.8 Å². The minimum atomic E-state index is -4.55. The highest BCUT2D eigenvalue weighted by atomic mass is 32.1. The molecule has 0 amide bonds. The molecule has 0 saturated carbocycles. The minimum Gasteiger partial charge on any atom is -0.508 e. The van der Waals surface area contributed by atoms with Gasteiger partial charge in [0.1, 0.15) is 11.5 Å². The number of benzene rings is 3. The molecule has 8 heteroatoms. The summed E-state index contributed by atoms with van der Waals surface area (Å²) in [5.74, 6) is -0.465. The molecule has 4 nitrogen and oxygen atoms in total. The molecular weight excluding hydrogens is 441 g/mol. The number of ether oxygens (including phenoxy) is 1. The second-order valence-electron chi connectivity index (χ2n) is 6.83. The van der Waals surface area contributed by atoms with Gasteiger partial charge in [-0.1, -0.05) is 30.3 Å². The summed E-state index contributed by atoms with van der Waals surface area (Å²) >= 11 is 1.09. The molecular formula is C24H15F3O4S. The number of rotatable bonds is 5. The fraction of sp³-hybridized carbons (Fsp3) is 0.0417. The lowest BCUT2D eigenvalue weighted by atomic mass is 10.0. The third kappa shape index (κ3) is 4.45. The molecule has 2 N–H and O–H groups in total. The topological polar surface area (TPSA) is 66.8 Å². The summed E-state index contributed by atoms with van der Waals surface area (Å²) in [5, 5.41) is 19.1. The van der Waals surface area contributed by atoms with Gasteiger partial charge in [0.05, 0.1) is 10.4 Å². The van der Waals surface area contributed by atoms with E-state index in [9.17, 15) is 23.1 Å². The fourth-order valence-corrected chi connectivity index (χ4v) is 4.40. The number of carboxylic acid groups (broad SMARTS) is 1. The Morgan fingerprint density at radius 3 is 2.41 bits per heavy atom. The molecule has 0 radical (unpaired) electrons. The van der Waals surface area contributed by atoms with Crippen molar-refractivity contribution < 1.29 is 32.9 Å². The summed E-state index contributed by atoms with van der Waals surface area (Å²) < 4.78 is 47.6. The first-order chi connectivity index (χ1) is 15.2. The molecule has 0 unspecified atom stereocenters. The molecule has 0 saturated heterocycles. The number of carboxylic acids is 1. The molecule has 32 heavy (non-hydrogen) atoms. The lowest BCUT2D eigenvalue weighted by Crippen LogP contribution is -2.06. The number of hydrogen-bond acceptors (Lipinski definition) is 4. The third-order valence-corrected chi connectivity index (χ3v) is 5.79. The predicted molar refractivity (Wildman–Crippen MR) is 117 cm³/mol. The van der Waals surface area contributed by atoms with Crippen LogP contribution in [0.25, 0.3) is 26.6 Å². The zero-order valence-corrected chi connectivity index (χ0v) is 17.1. The summed E-state index contributed by atoms with van der Waals surface area (Å²) in [4.78, 5) is 10.9. The quantitative estimate of drug-likeness (QED) is 0.312. The van der Waals surface area contributed by atoms with Gasteiger partial charge in [0.25, 0.3) is 0 Å². The van der Waals surface area contributed by atoms with Gasteiger partial charge in [-0.2, -0.15) is 13.2 Å². The van der Waals surface area contributed by atoms with E-state index in [1.807, 2.05) is 0 Å². The Bertz CT molecular complexity index is 1320. The van der Waals surface area contributed by atoms with Crippen molar-refractivity contribution in [2.75, 3.05) is 0 Å². The highest BCUT2D eigenvalue weighted by molar-refractivity contribution is 7.22. The van der Waals surface area contributed by atoms with Crippen LogP contribution in [-0.2, 0) is 11.0 Å². The van der Waals surface area contributed by atoms with Crippen LogP contribution in [0.2, 0.25) is 0 Å². The molecule has 0 fully saturated rings. The smallest absolute Gasteiger partial charge is 0.417 e. The third-order valence-electron chi connectivity index (χ3n) is 4.62. The lowest BCUT2D eigenvalue weighted by molar-refractivity contribution is -0.137. The Morgan fingerprint density at radius 1 is 1.00 bits per heavy atom. The molecule has 1 aromatic heterocycles.